The second-order valence-electron chi connectivity index (χ2n) is 3.50. The SMILES string of the molecule is Cc1cc(OC(=O)CCC#N)cc(C)c1Cl. The first kappa shape index (κ1) is 12.5. The molecule has 0 aliphatic rings. The van der Waals surface area contributed by atoms with Crippen LogP contribution in [0.2, 0.25) is 5.02 Å². The fourth-order valence-electron chi connectivity index (χ4n) is 1.31. The molecule has 0 amide bonds. The van der Waals surface area contributed by atoms with Crippen LogP contribution >= 0.6 is 11.6 Å². The van der Waals surface area contributed by atoms with Gasteiger partial charge in [0.1, 0.15) is 5.75 Å². The predicted octanol–water partition coefficient (Wildman–Crippen LogP) is 3.17. The van der Waals surface area contributed by atoms with Crippen molar-refractivity contribution in [2.24, 2.45) is 0 Å². The number of nitrogens with zero attached hydrogens (tertiary/aromatic N) is 1. The summed E-state index contributed by atoms with van der Waals surface area (Å²) in [6.07, 6.45) is 0.279. The summed E-state index contributed by atoms with van der Waals surface area (Å²) < 4.78 is 5.08. The fourth-order valence-corrected chi connectivity index (χ4v) is 1.41. The Hall–Kier alpha value is -1.53. The average molecular weight is 238 g/mol. The zero-order valence-electron chi connectivity index (χ0n) is 9.21. The molecule has 0 bridgehead atoms. The largest absolute Gasteiger partial charge is 0.426 e. The Balaban J connectivity index is 2.76. The molecule has 1 aromatic rings. The Morgan fingerprint density at radius 1 is 1.44 bits per heavy atom. The molecule has 0 saturated heterocycles. The van der Waals surface area contributed by atoms with Crippen LogP contribution in [-0.2, 0) is 4.79 Å². The molecule has 3 nitrogen and oxygen atoms in total. The second kappa shape index (κ2) is 5.53. The number of aryl methyl sites for hydroxylation is 2. The van der Waals surface area contributed by atoms with Crippen LogP contribution in [0.4, 0.5) is 0 Å². The number of esters is 1. The lowest BCUT2D eigenvalue weighted by atomic mass is 10.1. The van der Waals surface area contributed by atoms with Gasteiger partial charge in [-0.1, -0.05) is 11.6 Å². The number of nitriles is 1. The van der Waals surface area contributed by atoms with Crippen LogP contribution in [0.5, 0.6) is 5.75 Å². The molecule has 1 aromatic carbocycles. The van der Waals surface area contributed by atoms with Gasteiger partial charge in [-0.2, -0.15) is 5.26 Å². The van der Waals surface area contributed by atoms with Crippen molar-refractivity contribution in [3.8, 4) is 11.8 Å². The van der Waals surface area contributed by atoms with E-state index in [1.54, 1.807) is 12.1 Å². The van der Waals surface area contributed by atoms with E-state index >= 15 is 0 Å². The number of hydrogen-bond donors (Lipinski definition) is 0. The quantitative estimate of drug-likeness (QED) is 0.599. The van der Waals surface area contributed by atoms with Gasteiger partial charge in [-0.05, 0) is 37.1 Å². The smallest absolute Gasteiger partial charge is 0.312 e. The average Bonchev–Trinajstić information content (AvgIpc) is 2.23. The molecule has 0 heterocycles. The van der Waals surface area contributed by atoms with Crippen molar-refractivity contribution >= 4 is 17.6 Å². The van der Waals surface area contributed by atoms with Gasteiger partial charge in [0.25, 0.3) is 0 Å². The normalized spacial score (nSPS) is 9.62. The Morgan fingerprint density at radius 2 is 2.00 bits per heavy atom. The van der Waals surface area contributed by atoms with E-state index in [-0.39, 0.29) is 12.8 Å². The summed E-state index contributed by atoms with van der Waals surface area (Å²) in [6.45, 7) is 3.70. The highest BCUT2D eigenvalue weighted by molar-refractivity contribution is 6.32. The molecule has 0 spiro atoms. The van der Waals surface area contributed by atoms with Gasteiger partial charge in [0.05, 0.1) is 12.5 Å². The van der Waals surface area contributed by atoms with Crippen molar-refractivity contribution < 1.29 is 9.53 Å². The lowest BCUT2D eigenvalue weighted by Gasteiger charge is -2.07. The lowest BCUT2D eigenvalue weighted by Crippen LogP contribution is -2.07. The lowest BCUT2D eigenvalue weighted by molar-refractivity contribution is -0.134. The van der Waals surface area contributed by atoms with Gasteiger partial charge in [0.2, 0.25) is 0 Å². The number of hydrogen-bond acceptors (Lipinski definition) is 3. The number of rotatable bonds is 3. The van der Waals surface area contributed by atoms with Crippen LogP contribution in [0.1, 0.15) is 24.0 Å². The Bertz CT molecular complexity index is 426. The van der Waals surface area contributed by atoms with Gasteiger partial charge in [-0.25, -0.2) is 0 Å². The minimum Gasteiger partial charge on any atom is -0.426 e. The van der Waals surface area contributed by atoms with E-state index in [9.17, 15) is 4.79 Å². The van der Waals surface area contributed by atoms with Gasteiger partial charge in [-0.3, -0.25) is 4.79 Å². The summed E-state index contributed by atoms with van der Waals surface area (Å²) in [5.41, 5.74) is 1.73. The van der Waals surface area contributed by atoms with Crippen LogP contribution in [0.3, 0.4) is 0 Å². The van der Waals surface area contributed by atoms with Crippen molar-refractivity contribution in [3.63, 3.8) is 0 Å². The van der Waals surface area contributed by atoms with E-state index in [2.05, 4.69) is 0 Å². The molecule has 1 rings (SSSR count). The summed E-state index contributed by atoms with van der Waals surface area (Å²) in [7, 11) is 0. The Kier molecular flexibility index (Phi) is 4.33. The molecule has 0 saturated carbocycles. The summed E-state index contributed by atoms with van der Waals surface area (Å²) in [5.74, 6) is 0.0741. The highest BCUT2D eigenvalue weighted by Gasteiger charge is 2.07. The predicted molar refractivity (Wildman–Crippen MR) is 61.4 cm³/mol. The molecule has 4 heteroatoms. The molecule has 0 aromatic heterocycles. The first-order valence-electron chi connectivity index (χ1n) is 4.89. The minimum absolute atomic E-state index is 0.108. The Labute approximate surface area is 99.6 Å². The third-order valence-corrected chi connectivity index (χ3v) is 2.68. The first-order valence-corrected chi connectivity index (χ1v) is 5.26. The van der Waals surface area contributed by atoms with Crippen molar-refractivity contribution in [2.45, 2.75) is 26.7 Å². The van der Waals surface area contributed by atoms with Crippen LogP contribution < -0.4 is 4.74 Å². The third kappa shape index (κ3) is 3.25. The van der Waals surface area contributed by atoms with Crippen LogP contribution in [0, 0.1) is 25.2 Å². The van der Waals surface area contributed by atoms with E-state index in [0.717, 1.165) is 11.1 Å². The molecule has 0 radical (unpaired) electrons. The highest BCUT2D eigenvalue weighted by atomic mass is 35.5. The molecule has 0 unspecified atom stereocenters. The van der Waals surface area contributed by atoms with Gasteiger partial charge in [0, 0.05) is 11.4 Å². The summed E-state index contributed by atoms with van der Waals surface area (Å²) >= 11 is 5.99. The molecular weight excluding hydrogens is 226 g/mol. The second-order valence-corrected chi connectivity index (χ2v) is 3.88. The van der Waals surface area contributed by atoms with Crippen molar-refractivity contribution in [2.75, 3.05) is 0 Å². The van der Waals surface area contributed by atoms with Crippen LogP contribution in [-0.4, -0.2) is 5.97 Å². The minimum atomic E-state index is -0.400. The maximum absolute atomic E-state index is 11.3. The molecule has 0 aliphatic carbocycles. The topological polar surface area (TPSA) is 50.1 Å². The highest BCUT2D eigenvalue weighted by Crippen LogP contribution is 2.26. The molecule has 0 atom stereocenters. The summed E-state index contributed by atoms with van der Waals surface area (Å²) in [6, 6.07) is 5.31. The summed E-state index contributed by atoms with van der Waals surface area (Å²) in [4.78, 5) is 11.3. The fraction of sp³-hybridized carbons (Fsp3) is 0.333. The number of carbonyl (C=O) groups excluding carboxylic acids is 1. The van der Waals surface area contributed by atoms with E-state index < -0.39 is 5.97 Å². The van der Waals surface area contributed by atoms with Gasteiger partial charge >= 0.3 is 5.97 Å². The summed E-state index contributed by atoms with van der Waals surface area (Å²) in [5, 5.41) is 9.01. The monoisotopic (exact) mass is 237 g/mol. The van der Waals surface area contributed by atoms with Crippen LogP contribution in [0.15, 0.2) is 12.1 Å². The molecule has 84 valence electrons. The van der Waals surface area contributed by atoms with Crippen molar-refractivity contribution in [1.82, 2.24) is 0 Å². The van der Waals surface area contributed by atoms with E-state index in [4.69, 9.17) is 21.6 Å². The van der Waals surface area contributed by atoms with Gasteiger partial charge < -0.3 is 4.74 Å². The zero-order valence-corrected chi connectivity index (χ0v) is 9.97. The van der Waals surface area contributed by atoms with E-state index in [0.29, 0.717) is 10.8 Å². The standard InChI is InChI=1S/C12H12ClNO2/c1-8-6-10(7-9(2)12(8)13)16-11(15)4-3-5-14/h6-7H,3-4H2,1-2H3. The maximum Gasteiger partial charge on any atom is 0.312 e. The number of benzene rings is 1. The van der Waals surface area contributed by atoms with Gasteiger partial charge in [0.15, 0.2) is 0 Å². The van der Waals surface area contributed by atoms with E-state index in [1.165, 1.54) is 0 Å². The number of halogens is 1. The van der Waals surface area contributed by atoms with Gasteiger partial charge in [-0.15, -0.1) is 0 Å². The number of ether oxygens (including phenoxy) is 1. The molecule has 0 fully saturated rings. The van der Waals surface area contributed by atoms with Crippen LogP contribution in [0.25, 0.3) is 0 Å². The Morgan fingerprint density at radius 3 is 2.50 bits per heavy atom. The third-order valence-electron chi connectivity index (χ3n) is 2.08. The maximum atomic E-state index is 11.3. The van der Waals surface area contributed by atoms with E-state index in [1.807, 2.05) is 19.9 Å². The molecule has 16 heavy (non-hydrogen) atoms. The first-order chi connectivity index (χ1) is 7.54. The van der Waals surface area contributed by atoms with Crippen molar-refractivity contribution in [1.29, 1.82) is 5.26 Å². The van der Waals surface area contributed by atoms with Crippen molar-refractivity contribution in [3.05, 3.63) is 28.3 Å². The number of carbonyl (C=O) groups is 1. The molecule has 0 aliphatic heterocycles. The zero-order chi connectivity index (χ0) is 12.1. The molecular formula is C12H12ClNO2. The molecule has 0 N–H and O–H groups in total.